The van der Waals surface area contributed by atoms with Gasteiger partial charge in [-0.2, -0.15) is 0 Å². The number of fused-ring (bicyclic) bond motifs is 2. The van der Waals surface area contributed by atoms with Gasteiger partial charge in [0.1, 0.15) is 17.8 Å². The van der Waals surface area contributed by atoms with Gasteiger partial charge in [-0.05, 0) is 86.1 Å². The number of benzene rings is 2. The maximum Gasteiger partial charge on any atom is 0.259 e. The van der Waals surface area contributed by atoms with Gasteiger partial charge in [0.25, 0.3) is 5.91 Å². The van der Waals surface area contributed by atoms with Crippen LogP contribution < -0.4 is 10.1 Å². The van der Waals surface area contributed by atoms with Crippen LogP contribution in [0, 0.1) is 29.5 Å². The van der Waals surface area contributed by atoms with Gasteiger partial charge in [-0.15, -0.1) is 0 Å². The van der Waals surface area contributed by atoms with Crippen LogP contribution in [-0.4, -0.2) is 42.2 Å². The monoisotopic (exact) mass is 565 g/mol. The maximum atomic E-state index is 13.1. The molecule has 1 amide bonds. The molecule has 1 spiro atoms. The summed E-state index contributed by atoms with van der Waals surface area (Å²) < 4.78 is 31.5. The summed E-state index contributed by atoms with van der Waals surface area (Å²) in [5.74, 6) is -0.451. The Morgan fingerprint density at radius 3 is 2.54 bits per heavy atom. The van der Waals surface area contributed by atoms with Crippen LogP contribution in [0.15, 0.2) is 54.6 Å². The Kier molecular flexibility index (Phi) is 7.48. The fourth-order valence-electron chi connectivity index (χ4n) is 6.98. The zero-order chi connectivity index (χ0) is 28.8. The third kappa shape index (κ3) is 5.32. The van der Waals surface area contributed by atoms with Gasteiger partial charge in [-0.25, -0.2) is 14.2 Å². The van der Waals surface area contributed by atoms with E-state index in [1.807, 2.05) is 6.92 Å². The van der Waals surface area contributed by atoms with Gasteiger partial charge in [0.15, 0.2) is 24.3 Å². The SMILES string of the molecule is C[C@H]1[C@@H](NC(=O)COc2ccc(C(=O)/C=C/c3ccc(F)cc3)cc2)O[C@@H]2O[C@]3(C)CC[C@H]4[C@H](C)CC[C@@H]1[C@@]24OO3. The summed E-state index contributed by atoms with van der Waals surface area (Å²) in [6.07, 6.45) is 5.57. The second-order valence-corrected chi connectivity index (χ2v) is 12.0. The van der Waals surface area contributed by atoms with Crippen molar-refractivity contribution in [3.8, 4) is 5.75 Å². The van der Waals surface area contributed by atoms with Crippen molar-refractivity contribution >= 4 is 17.8 Å². The van der Waals surface area contributed by atoms with E-state index in [0.29, 0.717) is 17.2 Å². The molecular weight excluding hydrogens is 529 g/mol. The highest BCUT2D eigenvalue weighted by molar-refractivity contribution is 6.06. The molecule has 0 aromatic heterocycles. The van der Waals surface area contributed by atoms with Crippen LogP contribution in [0.5, 0.6) is 5.75 Å². The van der Waals surface area contributed by atoms with Crippen molar-refractivity contribution in [2.75, 3.05) is 6.61 Å². The second-order valence-electron chi connectivity index (χ2n) is 12.0. The average molecular weight is 566 g/mol. The molecule has 41 heavy (non-hydrogen) atoms. The molecule has 4 aliphatic heterocycles. The van der Waals surface area contributed by atoms with E-state index in [0.717, 1.165) is 31.2 Å². The van der Waals surface area contributed by atoms with E-state index >= 15 is 0 Å². The highest BCUT2D eigenvalue weighted by Crippen LogP contribution is 2.60. The number of carbonyl (C=O) groups is 2. The largest absolute Gasteiger partial charge is 0.484 e. The molecule has 218 valence electrons. The van der Waals surface area contributed by atoms with Gasteiger partial charge >= 0.3 is 0 Å². The minimum atomic E-state index is -0.875. The van der Waals surface area contributed by atoms with Crippen LogP contribution in [0.2, 0.25) is 0 Å². The molecule has 5 fully saturated rings. The molecule has 1 N–H and O–H groups in total. The Labute approximate surface area is 239 Å². The fourth-order valence-corrected chi connectivity index (χ4v) is 6.98. The van der Waals surface area contributed by atoms with Gasteiger partial charge < -0.3 is 19.5 Å². The normalized spacial score (nSPS) is 35.9. The lowest BCUT2D eigenvalue weighted by atomic mass is 9.58. The highest BCUT2D eigenvalue weighted by Gasteiger charge is 2.69. The van der Waals surface area contributed by atoms with Crippen molar-refractivity contribution in [2.24, 2.45) is 23.7 Å². The topological polar surface area (TPSA) is 92.3 Å². The minimum Gasteiger partial charge on any atom is -0.484 e. The van der Waals surface area contributed by atoms with E-state index in [9.17, 15) is 14.0 Å². The van der Waals surface area contributed by atoms with E-state index < -0.39 is 23.9 Å². The summed E-state index contributed by atoms with van der Waals surface area (Å²) >= 11 is 0. The zero-order valence-electron chi connectivity index (χ0n) is 23.5. The minimum absolute atomic E-state index is 0.0203. The first-order valence-electron chi connectivity index (χ1n) is 14.4. The number of ketones is 1. The molecular formula is C32H36FNO7. The summed E-state index contributed by atoms with van der Waals surface area (Å²) in [5, 5.41) is 2.99. The predicted octanol–water partition coefficient (Wildman–Crippen LogP) is 5.42. The summed E-state index contributed by atoms with van der Waals surface area (Å²) in [7, 11) is 0. The average Bonchev–Trinajstić information content (AvgIpc) is 3.20. The van der Waals surface area contributed by atoms with Crippen LogP contribution in [0.4, 0.5) is 4.39 Å². The van der Waals surface area contributed by atoms with Crippen molar-refractivity contribution in [3.63, 3.8) is 0 Å². The highest BCUT2D eigenvalue weighted by atomic mass is 19.1. The van der Waals surface area contributed by atoms with Crippen molar-refractivity contribution < 1.29 is 38.0 Å². The van der Waals surface area contributed by atoms with E-state index in [-0.39, 0.29) is 41.9 Å². The van der Waals surface area contributed by atoms with Crippen LogP contribution in [0.3, 0.4) is 0 Å². The first-order valence-corrected chi connectivity index (χ1v) is 14.4. The fraction of sp³-hybridized carbons (Fsp3) is 0.500. The zero-order valence-corrected chi connectivity index (χ0v) is 23.5. The Bertz CT molecular complexity index is 1310. The van der Waals surface area contributed by atoms with Gasteiger partial charge in [0.2, 0.25) is 5.79 Å². The van der Waals surface area contributed by atoms with Crippen molar-refractivity contribution in [2.45, 2.75) is 70.4 Å². The number of amides is 1. The van der Waals surface area contributed by atoms with E-state index in [1.165, 1.54) is 18.2 Å². The first kappa shape index (κ1) is 28.0. The summed E-state index contributed by atoms with van der Waals surface area (Å²) in [4.78, 5) is 37.4. The van der Waals surface area contributed by atoms with Crippen molar-refractivity contribution in [1.29, 1.82) is 0 Å². The Morgan fingerprint density at radius 1 is 1.02 bits per heavy atom. The number of rotatable bonds is 7. The quantitative estimate of drug-likeness (QED) is 0.272. The van der Waals surface area contributed by atoms with Crippen LogP contribution >= 0.6 is 0 Å². The lowest BCUT2D eigenvalue weighted by molar-refractivity contribution is -0.571. The molecule has 8 atom stereocenters. The molecule has 5 aliphatic rings. The van der Waals surface area contributed by atoms with Crippen LogP contribution in [0.25, 0.3) is 6.08 Å². The Hall–Kier alpha value is -3.11. The molecule has 1 saturated carbocycles. The molecule has 2 aromatic carbocycles. The molecule has 7 rings (SSSR count). The molecule has 2 aromatic rings. The molecule has 0 unspecified atom stereocenters. The number of hydrogen-bond donors (Lipinski definition) is 1. The van der Waals surface area contributed by atoms with E-state index in [4.69, 9.17) is 24.0 Å². The predicted molar refractivity (Wildman–Crippen MR) is 147 cm³/mol. The summed E-state index contributed by atoms with van der Waals surface area (Å²) in [6, 6.07) is 12.4. The number of nitrogens with one attached hydrogen (secondary N) is 1. The molecule has 4 heterocycles. The number of carbonyl (C=O) groups excluding carboxylic acids is 2. The van der Waals surface area contributed by atoms with Crippen molar-refractivity contribution in [3.05, 3.63) is 71.6 Å². The van der Waals surface area contributed by atoms with Crippen molar-refractivity contribution in [1.82, 2.24) is 5.32 Å². The summed E-state index contributed by atoms with van der Waals surface area (Å²) in [5.41, 5.74) is 0.512. The van der Waals surface area contributed by atoms with E-state index in [1.54, 1.807) is 42.5 Å². The van der Waals surface area contributed by atoms with Crippen LogP contribution in [-0.2, 0) is 24.0 Å². The second kappa shape index (κ2) is 10.9. The molecule has 9 heteroatoms. The van der Waals surface area contributed by atoms with E-state index in [2.05, 4.69) is 19.2 Å². The molecule has 0 radical (unpaired) electrons. The summed E-state index contributed by atoms with van der Waals surface area (Å²) in [6.45, 7) is 6.01. The lowest BCUT2D eigenvalue weighted by Crippen LogP contribution is -2.72. The Balaban J connectivity index is 1.06. The first-order chi connectivity index (χ1) is 19.7. The Morgan fingerprint density at radius 2 is 1.78 bits per heavy atom. The lowest BCUT2D eigenvalue weighted by Gasteiger charge is -2.60. The molecule has 4 saturated heterocycles. The number of ether oxygens (including phenoxy) is 3. The smallest absolute Gasteiger partial charge is 0.259 e. The standard InChI is InChI=1S/C32H36FNO7/c1-19-4-14-26-20(2)29(38-30-32(26)25(19)16-17-31(3,39-30)40-41-32)34-28(36)18-37-24-12-8-22(9-13-24)27(35)15-7-21-5-10-23(33)11-6-21/h5-13,15,19-20,25-26,29-30H,4,14,16-18H2,1-3H3,(H,34,36)/b15-7+/t19-,20-,25+,26+,29+,30-,31+,32-/m1/s1. The molecule has 2 bridgehead atoms. The number of hydrogen-bond acceptors (Lipinski definition) is 7. The van der Waals surface area contributed by atoms with Gasteiger partial charge in [-0.1, -0.05) is 32.1 Å². The van der Waals surface area contributed by atoms with Gasteiger partial charge in [0.05, 0.1) is 0 Å². The van der Waals surface area contributed by atoms with Gasteiger partial charge in [0, 0.05) is 23.8 Å². The molecule has 1 aliphatic carbocycles. The number of halogens is 1. The van der Waals surface area contributed by atoms with Crippen LogP contribution in [0.1, 0.15) is 62.4 Å². The number of allylic oxidation sites excluding steroid dienone is 1. The third-order valence-corrected chi connectivity index (χ3v) is 9.27. The maximum absolute atomic E-state index is 13.1. The third-order valence-electron chi connectivity index (χ3n) is 9.27. The van der Waals surface area contributed by atoms with Gasteiger partial charge in [-0.3, -0.25) is 9.59 Å². The molecule has 8 nitrogen and oxygen atoms in total.